The summed E-state index contributed by atoms with van der Waals surface area (Å²) in [6, 6.07) is 14.1. The second-order valence-corrected chi connectivity index (χ2v) is 5.86. The number of anilines is 1. The summed E-state index contributed by atoms with van der Waals surface area (Å²) in [6.45, 7) is 6.11. The molecule has 0 spiro atoms. The van der Waals surface area contributed by atoms with Crippen LogP contribution in [-0.4, -0.2) is 24.6 Å². The maximum Gasteiger partial charge on any atom is 0.338 e. The smallest absolute Gasteiger partial charge is 0.338 e. The zero-order valence-electron chi connectivity index (χ0n) is 15.2. The molecule has 26 heavy (non-hydrogen) atoms. The molecule has 2 rings (SSSR count). The first-order valence-electron chi connectivity index (χ1n) is 8.51. The zero-order valence-corrected chi connectivity index (χ0v) is 15.2. The molecule has 2 aromatic rings. The van der Waals surface area contributed by atoms with Gasteiger partial charge in [-0.2, -0.15) is 0 Å². The first-order chi connectivity index (χ1) is 12.5. The molecule has 0 unspecified atom stereocenters. The average Bonchev–Trinajstić information content (AvgIpc) is 2.61. The predicted molar refractivity (Wildman–Crippen MR) is 102 cm³/mol. The van der Waals surface area contributed by atoms with Gasteiger partial charge in [0, 0.05) is 11.8 Å². The van der Waals surface area contributed by atoms with Crippen LogP contribution in [0.15, 0.2) is 54.6 Å². The van der Waals surface area contributed by atoms with Crippen molar-refractivity contribution in [3.63, 3.8) is 0 Å². The molecule has 0 heterocycles. The molecule has 0 aliphatic rings. The molecule has 5 nitrogen and oxygen atoms in total. The minimum Gasteiger partial charge on any atom is -0.494 e. The fourth-order valence-corrected chi connectivity index (χ4v) is 2.20. The Hall–Kier alpha value is -3.08. The molecule has 5 heteroatoms. The van der Waals surface area contributed by atoms with Crippen molar-refractivity contribution in [1.82, 2.24) is 0 Å². The van der Waals surface area contributed by atoms with E-state index in [0.717, 1.165) is 11.3 Å². The molecular weight excluding hydrogens is 330 g/mol. The standard InChI is InChI=1S/C21H23NO4/c1-4-25-19-11-8-16(9-12-19)10-13-20(23)22-18-7-5-6-17(14-18)21(24)26-15(2)3/h5-15H,4H2,1-3H3,(H,22,23)/b13-10+. The summed E-state index contributed by atoms with van der Waals surface area (Å²) in [4.78, 5) is 24.0. The first-order valence-corrected chi connectivity index (χ1v) is 8.51. The highest BCUT2D eigenvalue weighted by Gasteiger charge is 2.10. The van der Waals surface area contributed by atoms with Crippen molar-refractivity contribution in [1.29, 1.82) is 0 Å². The predicted octanol–water partition coefficient (Wildman–Crippen LogP) is 4.30. The van der Waals surface area contributed by atoms with Crippen molar-refractivity contribution >= 4 is 23.6 Å². The lowest BCUT2D eigenvalue weighted by Crippen LogP contribution is -2.13. The van der Waals surface area contributed by atoms with Gasteiger partial charge >= 0.3 is 5.97 Å². The van der Waals surface area contributed by atoms with E-state index in [4.69, 9.17) is 9.47 Å². The second kappa shape index (κ2) is 9.42. The van der Waals surface area contributed by atoms with Crippen molar-refractivity contribution in [2.24, 2.45) is 0 Å². The van der Waals surface area contributed by atoms with E-state index in [1.54, 1.807) is 44.2 Å². The Morgan fingerprint density at radius 2 is 1.85 bits per heavy atom. The monoisotopic (exact) mass is 353 g/mol. The molecule has 2 aromatic carbocycles. The van der Waals surface area contributed by atoms with Crippen LogP contribution >= 0.6 is 0 Å². The van der Waals surface area contributed by atoms with Crippen molar-refractivity contribution < 1.29 is 19.1 Å². The topological polar surface area (TPSA) is 64.6 Å². The number of carbonyl (C=O) groups excluding carboxylic acids is 2. The number of hydrogen-bond acceptors (Lipinski definition) is 4. The van der Waals surface area contributed by atoms with Gasteiger partial charge < -0.3 is 14.8 Å². The molecule has 0 aliphatic heterocycles. The molecule has 136 valence electrons. The summed E-state index contributed by atoms with van der Waals surface area (Å²) in [5.41, 5.74) is 1.81. The van der Waals surface area contributed by atoms with Crippen LogP contribution in [0.1, 0.15) is 36.7 Å². The SMILES string of the molecule is CCOc1ccc(/C=C/C(=O)Nc2cccc(C(=O)OC(C)C)c2)cc1. The van der Waals surface area contributed by atoms with Gasteiger partial charge in [-0.1, -0.05) is 18.2 Å². The number of amides is 1. The highest BCUT2D eigenvalue weighted by Crippen LogP contribution is 2.14. The molecular formula is C21H23NO4. The van der Waals surface area contributed by atoms with Crippen LogP contribution in [0, 0.1) is 0 Å². The quantitative estimate of drug-likeness (QED) is 0.595. The number of ether oxygens (including phenoxy) is 2. The van der Waals surface area contributed by atoms with E-state index in [-0.39, 0.29) is 12.0 Å². The number of esters is 1. The number of benzene rings is 2. The van der Waals surface area contributed by atoms with Gasteiger partial charge in [-0.15, -0.1) is 0 Å². The Morgan fingerprint density at radius 3 is 2.50 bits per heavy atom. The Morgan fingerprint density at radius 1 is 1.12 bits per heavy atom. The van der Waals surface area contributed by atoms with Crippen LogP contribution in [0.5, 0.6) is 5.75 Å². The number of carbonyl (C=O) groups is 2. The Kier molecular flexibility index (Phi) is 6.97. The Labute approximate surface area is 153 Å². The third-order valence-corrected chi connectivity index (χ3v) is 3.33. The van der Waals surface area contributed by atoms with E-state index in [1.165, 1.54) is 6.08 Å². The van der Waals surface area contributed by atoms with Crippen LogP contribution < -0.4 is 10.1 Å². The lowest BCUT2D eigenvalue weighted by Gasteiger charge is -2.09. The molecule has 0 saturated carbocycles. The average molecular weight is 353 g/mol. The van der Waals surface area contributed by atoms with Crippen LogP contribution in [0.25, 0.3) is 6.08 Å². The Bertz CT molecular complexity index is 779. The lowest BCUT2D eigenvalue weighted by atomic mass is 10.2. The van der Waals surface area contributed by atoms with Crippen LogP contribution in [-0.2, 0) is 9.53 Å². The van der Waals surface area contributed by atoms with Crippen molar-refractivity contribution in [3.05, 3.63) is 65.7 Å². The van der Waals surface area contributed by atoms with Gasteiger partial charge in [0.25, 0.3) is 0 Å². The Balaban J connectivity index is 1.97. The van der Waals surface area contributed by atoms with Gasteiger partial charge in [-0.05, 0) is 62.7 Å². The minimum absolute atomic E-state index is 0.196. The number of rotatable bonds is 7. The molecule has 1 N–H and O–H groups in total. The van der Waals surface area contributed by atoms with E-state index in [1.807, 2.05) is 31.2 Å². The summed E-state index contributed by atoms with van der Waals surface area (Å²) < 4.78 is 10.5. The fraction of sp³-hybridized carbons (Fsp3) is 0.238. The summed E-state index contributed by atoms with van der Waals surface area (Å²) in [5.74, 6) is 0.0912. The van der Waals surface area contributed by atoms with Gasteiger partial charge in [-0.25, -0.2) is 4.79 Å². The van der Waals surface area contributed by atoms with Crippen molar-refractivity contribution in [2.75, 3.05) is 11.9 Å². The summed E-state index contributed by atoms with van der Waals surface area (Å²) in [7, 11) is 0. The first kappa shape index (κ1) is 19.2. The van der Waals surface area contributed by atoms with Crippen molar-refractivity contribution in [2.45, 2.75) is 26.9 Å². The van der Waals surface area contributed by atoms with Crippen molar-refractivity contribution in [3.8, 4) is 5.75 Å². The third kappa shape index (κ3) is 6.09. The molecule has 0 saturated heterocycles. The van der Waals surface area contributed by atoms with Crippen LogP contribution in [0.2, 0.25) is 0 Å². The minimum atomic E-state index is -0.416. The highest BCUT2D eigenvalue weighted by atomic mass is 16.5. The van der Waals surface area contributed by atoms with Crippen LogP contribution in [0.3, 0.4) is 0 Å². The maximum absolute atomic E-state index is 12.1. The fourth-order valence-electron chi connectivity index (χ4n) is 2.20. The zero-order chi connectivity index (χ0) is 18.9. The number of nitrogens with one attached hydrogen (secondary N) is 1. The second-order valence-electron chi connectivity index (χ2n) is 5.86. The van der Waals surface area contributed by atoms with E-state index >= 15 is 0 Å². The van der Waals surface area contributed by atoms with Gasteiger partial charge in [0.2, 0.25) is 5.91 Å². The maximum atomic E-state index is 12.1. The summed E-state index contributed by atoms with van der Waals surface area (Å²) >= 11 is 0. The largest absolute Gasteiger partial charge is 0.494 e. The third-order valence-electron chi connectivity index (χ3n) is 3.33. The van der Waals surface area contributed by atoms with E-state index < -0.39 is 5.97 Å². The van der Waals surface area contributed by atoms with Gasteiger partial charge in [0.05, 0.1) is 18.3 Å². The van der Waals surface area contributed by atoms with E-state index in [2.05, 4.69) is 5.32 Å². The van der Waals surface area contributed by atoms with Gasteiger partial charge in [0.1, 0.15) is 5.75 Å². The van der Waals surface area contributed by atoms with Gasteiger partial charge in [0.15, 0.2) is 0 Å². The normalized spacial score (nSPS) is 10.8. The molecule has 0 aromatic heterocycles. The molecule has 1 amide bonds. The lowest BCUT2D eigenvalue weighted by molar-refractivity contribution is -0.111. The number of hydrogen-bond donors (Lipinski definition) is 1. The molecule has 0 aliphatic carbocycles. The summed E-state index contributed by atoms with van der Waals surface area (Å²) in [6.07, 6.45) is 2.95. The highest BCUT2D eigenvalue weighted by molar-refractivity contribution is 6.02. The molecule has 0 atom stereocenters. The summed E-state index contributed by atoms with van der Waals surface area (Å²) in [5, 5.41) is 2.73. The van der Waals surface area contributed by atoms with E-state index in [0.29, 0.717) is 17.9 Å². The molecule has 0 bridgehead atoms. The molecule has 0 fully saturated rings. The molecule has 0 radical (unpaired) electrons. The van der Waals surface area contributed by atoms with Crippen LogP contribution in [0.4, 0.5) is 5.69 Å². The van der Waals surface area contributed by atoms with E-state index in [9.17, 15) is 9.59 Å². The van der Waals surface area contributed by atoms with Gasteiger partial charge in [-0.3, -0.25) is 4.79 Å².